The van der Waals surface area contributed by atoms with Gasteiger partial charge >= 0.3 is 0 Å². The van der Waals surface area contributed by atoms with Gasteiger partial charge in [0.15, 0.2) is 0 Å². The van der Waals surface area contributed by atoms with Crippen molar-refractivity contribution in [3.8, 4) is 5.75 Å². The van der Waals surface area contributed by atoms with Crippen molar-refractivity contribution in [2.75, 3.05) is 38.6 Å². The molecule has 2 heterocycles. The normalized spacial score (nSPS) is 17.5. The second kappa shape index (κ2) is 10.1. The topological polar surface area (TPSA) is 96.0 Å². The van der Waals surface area contributed by atoms with Gasteiger partial charge in [0.05, 0.1) is 28.8 Å². The predicted octanol–water partition coefficient (Wildman–Crippen LogP) is 3.60. The second-order valence-electron chi connectivity index (χ2n) is 8.95. The number of benzene rings is 2. The van der Waals surface area contributed by atoms with Gasteiger partial charge in [-0.25, -0.2) is 8.42 Å². The van der Waals surface area contributed by atoms with Gasteiger partial charge in [0, 0.05) is 26.2 Å². The van der Waals surface area contributed by atoms with Crippen LogP contribution in [0.15, 0.2) is 47.4 Å². The van der Waals surface area contributed by atoms with E-state index >= 15 is 0 Å². The number of carbonyl (C=O) groups is 2. The van der Waals surface area contributed by atoms with Crippen molar-refractivity contribution in [3.63, 3.8) is 0 Å². The van der Waals surface area contributed by atoms with E-state index in [1.165, 1.54) is 29.6 Å². The summed E-state index contributed by atoms with van der Waals surface area (Å²) < 4.78 is 33.3. The Labute approximate surface area is 200 Å². The van der Waals surface area contributed by atoms with Gasteiger partial charge in [-0.05, 0) is 61.9 Å². The molecular formula is C25H31N3O5S. The molecule has 1 N–H and O–H groups in total. The number of likely N-dealkylation sites (tertiary alicyclic amines) is 1. The molecule has 2 aliphatic rings. The number of anilines is 1. The van der Waals surface area contributed by atoms with Gasteiger partial charge in [-0.15, -0.1) is 0 Å². The average molecular weight is 486 g/mol. The lowest BCUT2D eigenvalue weighted by Gasteiger charge is -2.29. The van der Waals surface area contributed by atoms with Crippen molar-refractivity contribution in [2.45, 2.75) is 37.5 Å². The molecule has 0 bridgehead atoms. The van der Waals surface area contributed by atoms with E-state index in [0.29, 0.717) is 43.3 Å². The maximum atomic E-state index is 13.3. The molecule has 9 heteroatoms. The largest absolute Gasteiger partial charge is 0.496 e. The third-order valence-electron chi connectivity index (χ3n) is 6.59. The third-order valence-corrected chi connectivity index (χ3v) is 8.49. The number of piperidine rings is 1. The summed E-state index contributed by atoms with van der Waals surface area (Å²) in [4.78, 5) is 28.0. The highest BCUT2D eigenvalue weighted by atomic mass is 32.2. The quantitative estimate of drug-likeness (QED) is 0.674. The van der Waals surface area contributed by atoms with Crippen molar-refractivity contribution in [1.29, 1.82) is 0 Å². The van der Waals surface area contributed by atoms with Crippen molar-refractivity contribution < 1.29 is 22.7 Å². The summed E-state index contributed by atoms with van der Waals surface area (Å²) in [5, 5.41) is 2.80. The minimum atomic E-state index is -3.73. The fourth-order valence-electron chi connectivity index (χ4n) is 4.46. The summed E-state index contributed by atoms with van der Waals surface area (Å²) in [6.45, 7) is 4.44. The summed E-state index contributed by atoms with van der Waals surface area (Å²) in [5.74, 6) is 0.0814. The first-order chi connectivity index (χ1) is 16.3. The van der Waals surface area contributed by atoms with Gasteiger partial charge in [-0.3, -0.25) is 9.59 Å². The number of hydrogen-bond donors (Lipinski definition) is 1. The molecule has 0 saturated carbocycles. The zero-order valence-electron chi connectivity index (χ0n) is 19.6. The molecule has 2 aliphatic heterocycles. The number of sulfonamides is 1. The Morgan fingerprint density at radius 1 is 0.971 bits per heavy atom. The summed E-state index contributed by atoms with van der Waals surface area (Å²) in [7, 11) is -2.31. The summed E-state index contributed by atoms with van der Waals surface area (Å²) in [6.07, 6.45) is 3.55. The standard InChI is InChI=1S/C25H31N3O5S/c1-18-11-15-28(16-12-18)34(31,32)19-9-10-23(33-2)21(17-19)24(29)26-22-8-4-3-7-20(22)25(30)27-13-5-6-14-27/h3-4,7-10,17-18H,5-6,11-16H2,1-2H3,(H,26,29). The Bertz CT molecular complexity index is 1170. The number of methoxy groups -OCH3 is 1. The van der Waals surface area contributed by atoms with Crippen LogP contribution in [0.5, 0.6) is 5.75 Å². The van der Waals surface area contributed by atoms with Crippen molar-refractivity contribution in [3.05, 3.63) is 53.6 Å². The third kappa shape index (κ3) is 4.95. The van der Waals surface area contributed by atoms with Crippen LogP contribution in [0.1, 0.15) is 53.3 Å². The van der Waals surface area contributed by atoms with Crippen LogP contribution >= 0.6 is 0 Å². The molecule has 182 valence electrons. The van der Waals surface area contributed by atoms with E-state index in [4.69, 9.17) is 4.74 Å². The zero-order valence-corrected chi connectivity index (χ0v) is 20.4. The molecule has 2 saturated heterocycles. The number of hydrogen-bond acceptors (Lipinski definition) is 5. The van der Waals surface area contributed by atoms with Crippen LogP contribution in [0.3, 0.4) is 0 Å². The number of para-hydroxylation sites is 1. The van der Waals surface area contributed by atoms with Gasteiger partial charge in [-0.1, -0.05) is 19.1 Å². The molecule has 0 unspecified atom stereocenters. The molecule has 34 heavy (non-hydrogen) atoms. The number of nitrogens with one attached hydrogen (secondary N) is 1. The summed E-state index contributed by atoms with van der Waals surface area (Å²) >= 11 is 0. The summed E-state index contributed by atoms with van der Waals surface area (Å²) in [5.41, 5.74) is 0.880. The number of ether oxygens (including phenoxy) is 1. The van der Waals surface area contributed by atoms with Gasteiger partial charge < -0.3 is 15.0 Å². The molecule has 2 aromatic carbocycles. The van der Waals surface area contributed by atoms with Crippen LogP contribution < -0.4 is 10.1 Å². The second-order valence-corrected chi connectivity index (χ2v) is 10.9. The summed E-state index contributed by atoms with van der Waals surface area (Å²) in [6, 6.07) is 11.2. The minimum absolute atomic E-state index is 0.0504. The number of rotatable bonds is 6. The van der Waals surface area contributed by atoms with Gasteiger partial charge in [0.2, 0.25) is 10.0 Å². The molecule has 2 fully saturated rings. The lowest BCUT2D eigenvalue weighted by atomic mass is 10.0. The first-order valence-electron chi connectivity index (χ1n) is 11.7. The molecule has 2 amide bonds. The Balaban J connectivity index is 1.61. The van der Waals surface area contributed by atoms with Crippen LogP contribution in [-0.2, 0) is 10.0 Å². The van der Waals surface area contributed by atoms with E-state index < -0.39 is 15.9 Å². The minimum Gasteiger partial charge on any atom is -0.496 e. The molecular weight excluding hydrogens is 454 g/mol. The maximum absolute atomic E-state index is 13.3. The van der Waals surface area contributed by atoms with E-state index in [0.717, 1.165) is 25.7 Å². The van der Waals surface area contributed by atoms with Crippen LogP contribution in [-0.4, -0.2) is 62.7 Å². The molecule has 4 rings (SSSR count). The molecule has 2 aromatic rings. The van der Waals surface area contributed by atoms with E-state index in [1.807, 2.05) is 0 Å². The Kier molecular flexibility index (Phi) is 7.23. The SMILES string of the molecule is COc1ccc(S(=O)(=O)N2CCC(C)CC2)cc1C(=O)Nc1ccccc1C(=O)N1CCCC1. The molecule has 0 aliphatic carbocycles. The lowest BCUT2D eigenvalue weighted by Crippen LogP contribution is -2.38. The Morgan fingerprint density at radius 3 is 2.32 bits per heavy atom. The Hall–Kier alpha value is -2.91. The van der Waals surface area contributed by atoms with E-state index in [9.17, 15) is 18.0 Å². The predicted molar refractivity (Wildman–Crippen MR) is 130 cm³/mol. The first kappa shape index (κ1) is 24.2. The average Bonchev–Trinajstić information content (AvgIpc) is 3.39. The maximum Gasteiger partial charge on any atom is 0.259 e. The Morgan fingerprint density at radius 2 is 1.65 bits per heavy atom. The van der Waals surface area contributed by atoms with Crippen LogP contribution in [0, 0.1) is 5.92 Å². The number of nitrogens with zero attached hydrogens (tertiary/aromatic N) is 2. The molecule has 8 nitrogen and oxygen atoms in total. The van der Waals surface area contributed by atoms with Gasteiger partial charge in [0.25, 0.3) is 11.8 Å². The molecule has 0 radical (unpaired) electrons. The molecule has 0 spiro atoms. The van der Waals surface area contributed by atoms with E-state index in [-0.39, 0.29) is 22.1 Å². The van der Waals surface area contributed by atoms with Crippen LogP contribution in [0.2, 0.25) is 0 Å². The van der Waals surface area contributed by atoms with Gasteiger partial charge in [0.1, 0.15) is 5.75 Å². The van der Waals surface area contributed by atoms with Gasteiger partial charge in [-0.2, -0.15) is 4.31 Å². The van der Waals surface area contributed by atoms with Crippen LogP contribution in [0.25, 0.3) is 0 Å². The first-order valence-corrected chi connectivity index (χ1v) is 13.1. The monoisotopic (exact) mass is 485 g/mol. The number of carbonyl (C=O) groups excluding carboxylic acids is 2. The number of amides is 2. The van der Waals surface area contributed by atoms with Crippen molar-refractivity contribution in [1.82, 2.24) is 9.21 Å². The fourth-order valence-corrected chi connectivity index (χ4v) is 5.95. The highest BCUT2D eigenvalue weighted by Gasteiger charge is 2.30. The molecule has 0 atom stereocenters. The highest BCUT2D eigenvalue weighted by molar-refractivity contribution is 7.89. The smallest absolute Gasteiger partial charge is 0.259 e. The zero-order chi connectivity index (χ0) is 24.3. The van der Waals surface area contributed by atoms with E-state index in [2.05, 4.69) is 12.2 Å². The molecule has 0 aromatic heterocycles. The van der Waals surface area contributed by atoms with Crippen molar-refractivity contribution >= 4 is 27.5 Å². The fraction of sp³-hybridized carbons (Fsp3) is 0.440. The van der Waals surface area contributed by atoms with Crippen LogP contribution in [0.4, 0.5) is 5.69 Å². The lowest BCUT2D eigenvalue weighted by molar-refractivity contribution is 0.0794. The highest BCUT2D eigenvalue weighted by Crippen LogP contribution is 2.29. The van der Waals surface area contributed by atoms with Crippen molar-refractivity contribution in [2.24, 2.45) is 5.92 Å². The van der Waals surface area contributed by atoms with E-state index in [1.54, 1.807) is 29.2 Å².